The minimum Gasteiger partial charge on any atom is -0.462 e. The summed E-state index contributed by atoms with van der Waals surface area (Å²) in [5.41, 5.74) is 0. The van der Waals surface area contributed by atoms with Gasteiger partial charge < -0.3 is 33.8 Å². The normalized spacial score (nSPS) is 14.3. The number of hydrogen-bond donors (Lipinski definition) is 3. The maximum absolute atomic E-state index is 13.1. The van der Waals surface area contributed by atoms with Crippen molar-refractivity contribution in [1.29, 1.82) is 0 Å². The minimum absolute atomic E-state index is 0.106. The molecule has 17 nitrogen and oxygen atoms in total. The first kappa shape index (κ1) is 91.1. The van der Waals surface area contributed by atoms with Crippen LogP contribution in [0.15, 0.2) is 0 Å². The van der Waals surface area contributed by atoms with E-state index in [1.807, 2.05) is 0 Å². The van der Waals surface area contributed by atoms with Crippen LogP contribution in [0.3, 0.4) is 0 Å². The molecule has 0 aromatic rings. The largest absolute Gasteiger partial charge is 0.472 e. The highest BCUT2D eigenvalue weighted by atomic mass is 31.2. The van der Waals surface area contributed by atoms with Gasteiger partial charge in [-0.1, -0.05) is 330 Å². The molecule has 93 heavy (non-hydrogen) atoms. The average Bonchev–Trinajstić information content (AvgIpc) is 3.72. The lowest BCUT2D eigenvalue weighted by Crippen LogP contribution is -2.30. The Morgan fingerprint density at radius 3 is 0.817 bits per heavy atom. The van der Waals surface area contributed by atoms with E-state index in [1.165, 1.54) is 193 Å². The maximum Gasteiger partial charge on any atom is 0.472 e. The number of rotatable bonds is 73. The molecular formula is C74H144O17P2. The Balaban J connectivity index is 5.14. The molecule has 0 spiro atoms. The van der Waals surface area contributed by atoms with Crippen molar-refractivity contribution in [2.24, 2.45) is 11.8 Å². The molecule has 0 aliphatic heterocycles. The highest BCUT2D eigenvalue weighted by molar-refractivity contribution is 7.47. The van der Waals surface area contributed by atoms with Crippen molar-refractivity contribution in [2.75, 3.05) is 39.6 Å². The van der Waals surface area contributed by atoms with Crippen LogP contribution in [0.4, 0.5) is 0 Å². The first-order chi connectivity index (χ1) is 44.9. The second-order valence-electron chi connectivity index (χ2n) is 27.4. The molecule has 19 heteroatoms. The second kappa shape index (κ2) is 66.0. The summed E-state index contributed by atoms with van der Waals surface area (Å²) < 4.78 is 68.3. The topological polar surface area (TPSA) is 237 Å². The summed E-state index contributed by atoms with van der Waals surface area (Å²) in [7, 11) is -9.90. The Bertz CT molecular complexity index is 1810. The number of aliphatic hydroxyl groups is 1. The molecule has 0 rings (SSSR count). The molecule has 0 aliphatic carbocycles. The van der Waals surface area contributed by atoms with Crippen LogP contribution in [0, 0.1) is 11.8 Å². The highest BCUT2D eigenvalue weighted by Crippen LogP contribution is 2.45. The SMILES string of the molecule is CCCCCCCCCCCC(=O)O[C@H](COC(=O)CCCCCCCCCC)COP(=O)(O)OC[C@H](O)COP(=O)(O)OC[C@@H](COC(=O)CCCCCCCCCCCCCC(C)C)OC(=O)CCCCCCCCCCCCCCCCCCCCC(C)CC. The minimum atomic E-state index is -4.95. The molecule has 0 aromatic heterocycles. The van der Waals surface area contributed by atoms with Gasteiger partial charge in [-0.25, -0.2) is 9.13 Å². The third-order valence-corrected chi connectivity index (χ3v) is 19.5. The summed E-state index contributed by atoms with van der Waals surface area (Å²) in [5, 5.41) is 10.6. The summed E-state index contributed by atoms with van der Waals surface area (Å²) in [6.45, 7) is 9.60. The van der Waals surface area contributed by atoms with Crippen molar-refractivity contribution in [3.8, 4) is 0 Å². The molecule has 0 heterocycles. The number of carbonyl (C=O) groups excluding carboxylic acids is 4. The Morgan fingerprint density at radius 1 is 0.312 bits per heavy atom. The van der Waals surface area contributed by atoms with E-state index in [9.17, 15) is 43.2 Å². The van der Waals surface area contributed by atoms with E-state index < -0.39 is 97.5 Å². The molecule has 0 bridgehead atoms. The monoisotopic (exact) mass is 1370 g/mol. The number of hydrogen-bond acceptors (Lipinski definition) is 15. The second-order valence-corrected chi connectivity index (χ2v) is 30.3. The fourth-order valence-electron chi connectivity index (χ4n) is 11.3. The van der Waals surface area contributed by atoms with Crippen LogP contribution in [0.25, 0.3) is 0 Å². The number of phosphoric ester groups is 2. The summed E-state index contributed by atoms with van der Waals surface area (Å²) in [5.74, 6) is -0.481. The van der Waals surface area contributed by atoms with E-state index in [-0.39, 0.29) is 25.7 Å². The predicted molar refractivity (Wildman–Crippen MR) is 377 cm³/mol. The van der Waals surface area contributed by atoms with Gasteiger partial charge in [-0.05, 0) is 37.5 Å². The van der Waals surface area contributed by atoms with Gasteiger partial charge in [0, 0.05) is 25.7 Å². The van der Waals surface area contributed by atoms with Gasteiger partial charge in [-0.15, -0.1) is 0 Å². The number of phosphoric acid groups is 2. The predicted octanol–water partition coefficient (Wildman–Crippen LogP) is 21.6. The van der Waals surface area contributed by atoms with E-state index >= 15 is 0 Å². The Hall–Kier alpha value is -1.94. The molecule has 0 saturated heterocycles. The van der Waals surface area contributed by atoms with E-state index in [0.29, 0.717) is 25.7 Å². The smallest absolute Gasteiger partial charge is 0.462 e. The molecule has 0 aromatic carbocycles. The summed E-state index contributed by atoms with van der Waals surface area (Å²) >= 11 is 0. The van der Waals surface area contributed by atoms with Crippen molar-refractivity contribution in [1.82, 2.24) is 0 Å². The number of esters is 4. The van der Waals surface area contributed by atoms with E-state index in [4.69, 9.17) is 37.0 Å². The van der Waals surface area contributed by atoms with Crippen LogP contribution >= 0.6 is 15.6 Å². The number of carbonyl (C=O) groups is 4. The lowest BCUT2D eigenvalue weighted by atomic mass is 9.99. The molecule has 3 unspecified atom stereocenters. The van der Waals surface area contributed by atoms with Crippen molar-refractivity contribution < 1.29 is 80.2 Å². The van der Waals surface area contributed by atoms with Gasteiger partial charge in [0.15, 0.2) is 12.2 Å². The van der Waals surface area contributed by atoms with E-state index in [0.717, 1.165) is 108 Å². The van der Waals surface area contributed by atoms with Crippen LogP contribution in [-0.4, -0.2) is 96.7 Å². The quantitative estimate of drug-likeness (QED) is 0.0222. The average molecular weight is 1370 g/mol. The first-order valence-corrected chi connectivity index (χ1v) is 41.5. The fourth-order valence-corrected chi connectivity index (χ4v) is 12.8. The lowest BCUT2D eigenvalue weighted by Gasteiger charge is -2.21. The van der Waals surface area contributed by atoms with Crippen LogP contribution < -0.4 is 0 Å². The van der Waals surface area contributed by atoms with Gasteiger partial charge in [-0.3, -0.25) is 37.3 Å². The van der Waals surface area contributed by atoms with Crippen molar-refractivity contribution in [2.45, 2.75) is 400 Å². The third kappa shape index (κ3) is 67.0. The van der Waals surface area contributed by atoms with Crippen LogP contribution in [0.1, 0.15) is 382 Å². The number of ether oxygens (including phenoxy) is 4. The molecule has 0 fully saturated rings. The molecule has 0 aliphatic rings. The fraction of sp³-hybridized carbons (Fsp3) is 0.946. The number of unbranched alkanes of at least 4 members (excludes halogenated alkanes) is 42. The van der Waals surface area contributed by atoms with Gasteiger partial charge in [-0.2, -0.15) is 0 Å². The summed E-state index contributed by atoms with van der Waals surface area (Å²) in [6, 6.07) is 0. The number of aliphatic hydroxyl groups excluding tert-OH is 1. The van der Waals surface area contributed by atoms with Crippen molar-refractivity contribution in [3.05, 3.63) is 0 Å². The molecule has 552 valence electrons. The molecule has 6 atom stereocenters. The molecule has 0 radical (unpaired) electrons. The Labute approximate surface area is 568 Å². The van der Waals surface area contributed by atoms with Gasteiger partial charge in [0.05, 0.1) is 26.4 Å². The van der Waals surface area contributed by atoms with Crippen LogP contribution in [0.2, 0.25) is 0 Å². The summed E-state index contributed by atoms with van der Waals surface area (Å²) in [4.78, 5) is 72.5. The van der Waals surface area contributed by atoms with Gasteiger partial charge in [0.1, 0.15) is 19.3 Å². The van der Waals surface area contributed by atoms with E-state index in [1.54, 1.807) is 0 Å². The van der Waals surface area contributed by atoms with E-state index in [2.05, 4.69) is 41.5 Å². The zero-order valence-corrected chi connectivity index (χ0v) is 62.3. The van der Waals surface area contributed by atoms with Crippen molar-refractivity contribution >= 4 is 39.5 Å². The Kier molecular flexibility index (Phi) is 64.6. The zero-order chi connectivity index (χ0) is 68.6. The van der Waals surface area contributed by atoms with Crippen LogP contribution in [-0.2, 0) is 65.4 Å². The molecular weight excluding hydrogens is 1220 g/mol. The third-order valence-electron chi connectivity index (χ3n) is 17.6. The standard InChI is InChI=1S/C74H144O17P2/c1-7-10-12-14-16-31-40-46-52-58-73(78)90-69(62-84-71(76)56-50-44-38-17-15-13-11-8-2)64-88-92(80,81)86-60-68(75)61-87-93(82,83)89-65-70(63-85-72(77)57-51-45-39-34-30-26-27-32-36-42-48-54-66(4)5)91-74(79)59-53-47-41-35-29-25-23-21-19-18-20-22-24-28-33-37-43-49-55-67(6)9-3/h66-70,75H,7-65H2,1-6H3,(H,80,81)(H,82,83)/t67?,68-,69+,70+/m0/s1. The molecule has 3 N–H and O–H groups in total. The van der Waals surface area contributed by atoms with Gasteiger partial charge in [0.25, 0.3) is 0 Å². The lowest BCUT2D eigenvalue weighted by molar-refractivity contribution is -0.161. The van der Waals surface area contributed by atoms with Crippen molar-refractivity contribution in [3.63, 3.8) is 0 Å². The maximum atomic E-state index is 13.1. The molecule has 0 amide bonds. The van der Waals surface area contributed by atoms with Gasteiger partial charge >= 0.3 is 39.5 Å². The first-order valence-electron chi connectivity index (χ1n) is 38.5. The van der Waals surface area contributed by atoms with Gasteiger partial charge in [0.2, 0.25) is 0 Å². The summed E-state index contributed by atoms with van der Waals surface area (Å²) in [6.07, 6.45) is 52.9. The Morgan fingerprint density at radius 2 is 0.548 bits per heavy atom. The molecule has 0 saturated carbocycles. The zero-order valence-electron chi connectivity index (χ0n) is 60.6. The highest BCUT2D eigenvalue weighted by Gasteiger charge is 2.30. The van der Waals surface area contributed by atoms with Crippen LogP contribution in [0.5, 0.6) is 0 Å².